The fourth-order valence-corrected chi connectivity index (χ4v) is 1.94. The Morgan fingerprint density at radius 2 is 2.25 bits per heavy atom. The predicted octanol–water partition coefficient (Wildman–Crippen LogP) is 3.47. The number of ether oxygens (including phenoxy) is 1. The maximum absolute atomic E-state index is 5.74. The van der Waals surface area contributed by atoms with Crippen LogP contribution < -0.4 is 10.1 Å². The van der Waals surface area contributed by atoms with Gasteiger partial charge in [-0.25, -0.2) is 0 Å². The molecule has 1 heterocycles. The van der Waals surface area contributed by atoms with Crippen molar-refractivity contribution in [2.75, 3.05) is 18.5 Å². The lowest BCUT2D eigenvalue weighted by Gasteiger charge is -2.19. The monoisotopic (exact) mass is 219 g/mol. The van der Waals surface area contributed by atoms with E-state index >= 15 is 0 Å². The topological polar surface area (TPSA) is 21.3 Å². The second kappa shape index (κ2) is 5.24. The van der Waals surface area contributed by atoms with Gasteiger partial charge in [0.1, 0.15) is 5.75 Å². The number of aryl methyl sites for hydroxylation is 1. The maximum Gasteiger partial charge on any atom is 0.121 e. The molecule has 0 aromatic heterocycles. The summed E-state index contributed by atoms with van der Waals surface area (Å²) in [5, 5.41) is 3.42. The molecule has 2 rings (SSSR count). The SMILES string of the molecule is CC(C)CCOc1ccc2c(c1)NCCC2. The van der Waals surface area contributed by atoms with Gasteiger partial charge in [-0.2, -0.15) is 0 Å². The van der Waals surface area contributed by atoms with E-state index < -0.39 is 0 Å². The number of anilines is 1. The van der Waals surface area contributed by atoms with Gasteiger partial charge in [-0.15, -0.1) is 0 Å². The van der Waals surface area contributed by atoms with Gasteiger partial charge in [0.2, 0.25) is 0 Å². The van der Waals surface area contributed by atoms with Crippen LogP contribution in [0.5, 0.6) is 5.75 Å². The third-order valence-electron chi connectivity index (χ3n) is 2.98. The number of benzene rings is 1. The molecule has 2 heteroatoms. The molecule has 2 nitrogen and oxygen atoms in total. The fourth-order valence-electron chi connectivity index (χ4n) is 1.94. The molecule has 16 heavy (non-hydrogen) atoms. The number of nitrogens with one attached hydrogen (secondary N) is 1. The molecular weight excluding hydrogens is 198 g/mol. The summed E-state index contributed by atoms with van der Waals surface area (Å²) in [6.07, 6.45) is 3.54. The van der Waals surface area contributed by atoms with Crippen molar-refractivity contribution in [1.29, 1.82) is 0 Å². The van der Waals surface area contributed by atoms with Gasteiger partial charge in [0, 0.05) is 18.3 Å². The van der Waals surface area contributed by atoms with Crippen molar-refractivity contribution in [2.24, 2.45) is 5.92 Å². The van der Waals surface area contributed by atoms with Crippen LogP contribution in [0.3, 0.4) is 0 Å². The summed E-state index contributed by atoms with van der Waals surface area (Å²) in [7, 11) is 0. The molecule has 0 unspecified atom stereocenters. The maximum atomic E-state index is 5.74. The highest BCUT2D eigenvalue weighted by atomic mass is 16.5. The quantitative estimate of drug-likeness (QED) is 0.837. The van der Waals surface area contributed by atoms with E-state index in [9.17, 15) is 0 Å². The van der Waals surface area contributed by atoms with Crippen LogP contribution in [0.1, 0.15) is 32.3 Å². The first-order chi connectivity index (χ1) is 7.75. The molecule has 1 aromatic carbocycles. The van der Waals surface area contributed by atoms with Crippen LogP contribution >= 0.6 is 0 Å². The summed E-state index contributed by atoms with van der Waals surface area (Å²) in [6.45, 7) is 6.34. The summed E-state index contributed by atoms with van der Waals surface area (Å²) in [5.41, 5.74) is 2.68. The molecule has 0 fully saturated rings. The van der Waals surface area contributed by atoms with Gasteiger partial charge in [0.05, 0.1) is 6.61 Å². The first-order valence-electron chi connectivity index (χ1n) is 6.25. The molecule has 0 saturated heterocycles. The molecule has 1 aliphatic heterocycles. The molecule has 88 valence electrons. The second-order valence-electron chi connectivity index (χ2n) is 4.88. The molecule has 0 aliphatic carbocycles. The van der Waals surface area contributed by atoms with E-state index in [1.807, 2.05) is 0 Å². The van der Waals surface area contributed by atoms with Gasteiger partial charge in [-0.1, -0.05) is 19.9 Å². The summed E-state index contributed by atoms with van der Waals surface area (Å²) < 4.78 is 5.74. The van der Waals surface area contributed by atoms with E-state index in [2.05, 4.69) is 37.4 Å². The van der Waals surface area contributed by atoms with Crippen molar-refractivity contribution < 1.29 is 4.74 Å². The Labute approximate surface area is 98.0 Å². The normalized spacial score (nSPS) is 14.4. The summed E-state index contributed by atoms with van der Waals surface area (Å²) >= 11 is 0. The van der Waals surface area contributed by atoms with Crippen molar-refractivity contribution in [1.82, 2.24) is 0 Å². The molecule has 0 amide bonds. The van der Waals surface area contributed by atoms with E-state index in [0.29, 0.717) is 5.92 Å². The zero-order chi connectivity index (χ0) is 11.4. The van der Waals surface area contributed by atoms with Gasteiger partial charge in [0.25, 0.3) is 0 Å². The Kier molecular flexibility index (Phi) is 3.70. The second-order valence-corrected chi connectivity index (χ2v) is 4.88. The Hall–Kier alpha value is -1.18. The Morgan fingerprint density at radius 3 is 3.06 bits per heavy atom. The average molecular weight is 219 g/mol. The Balaban J connectivity index is 1.95. The first-order valence-corrected chi connectivity index (χ1v) is 6.25. The molecule has 1 aromatic rings. The van der Waals surface area contributed by atoms with E-state index in [1.54, 1.807) is 0 Å². The van der Waals surface area contributed by atoms with Gasteiger partial charge in [-0.05, 0) is 36.8 Å². The highest BCUT2D eigenvalue weighted by Crippen LogP contribution is 2.26. The van der Waals surface area contributed by atoms with E-state index in [0.717, 1.165) is 25.3 Å². The molecule has 1 N–H and O–H groups in total. The molecule has 0 radical (unpaired) electrons. The number of fused-ring (bicyclic) bond motifs is 1. The van der Waals surface area contributed by atoms with E-state index in [4.69, 9.17) is 4.74 Å². The molecule has 0 saturated carbocycles. The predicted molar refractivity (Wildman–Crippen MR) is 68.2 cm³/mol. The van der Waals surface area contributed by atoms with Crippen molar-refractivity contribution in [3.05, 3.63) is 23.8 Å². The highest BCUT2D eigenvalue weighted by molar-refractivity contribution is 5.56. The standard InChI is InChI=1S/C14H21NO/c1-11(2)7-9-16-13-6-5-12-4-3-8-15-14(12)10-13/h5-6,10-11,15H,3-4,7-9H2,1-2H3. The lowest BCUT2D eigenvalue weighted by atomic mass is 10.0. The largest absolute Gasteiger partial charge is 0.494 e. The van der Waals surface area contributed by atoms with Crippen LogP contribution in [-0.2, 0) is 6.42 Å². The van der Waals surface area contributed by atoms with Crippen molar-refractivity contribution in [2.45, 2.75) is 33.1 Å². The van der Waals surface area contributed by atoms with Crippen LogP contribution in [0.15, 0.2) is 18.2 Å². The van der Waals surface area contributed by atoms with Crippen molar-refractivity contribution in [3.63, 3.8) is 0 Å². The number of hydrogen-bond donors (Lipinski definition) is 1. The zero-order valence-corrected chi connectivity index (χ0v) is 10.3. The van der Waals surface area contributed by atoms with Gasteiger partial charge in [-0.3, -0.25) is 0 Å². The van der Waals surface area contributed by atoms with Crippen LogP contribution in [0.25, 0.3) is 0 Å². The van der Waals surface area contributed by atoms with Crippen LogP contribution in [0.4, 0.5) is 5.69 Å². The minimum absolute atomic E-state index is 0.704. The lowest BCUT2D eigenvalue weighted by molar-refractivity contribution is 0.289. The molecular formula is C14H21NO. The smallest absolute Gasteiger partial charge is 0.121 e. The molecule has 0 atom stereocenters. The van der Waals surface area contributed by atoms with Gasteiger partial charge < -0.3 is 10.1 Å². The number of rotatable bonds is 4. The van der Waals surface area contributed by atoms with Crippen LogP contribution in [0.2, 0.25) is 0 Å². The van der Waals surface area contributed by atoms with Crippen LogP contribution in [0, 0.1) is 5.92 Å². The lowest BCUT2D eigenvalue weighted by Crippen LogP contribution is -2.11. The molecule has 0 bridgehead atoms. The van der Waals surface area contributed by atoms with Gasteiger partial charge >= 0.3 is 0 Å². The highest BCUT2D eigenvalue weighted by Gasteiger charge is 2.08. The Morgan fingerprint density at radius 1 is 1.38 bits per heavy atom. The zero-order valence-electron chi connectivity index (χ0n) is 10.3. The van der Waals surface area contributed by atoms with Crippen LogP contribution in [-0.4, -0.2) is 13.2 Å². The molecule has 1 aliphatic rings. The molecule has 0 spiro atoms. The van der Waals surface area contributed by atoms with E-state index in [1.165, 1.54) is 24.1 Å². The van der Waals surface area contributed by atoms with Gasteiger partial charge in [0.15, 0.2) is 0 Å². The third-order valence-corrected chi connectivity index (χ3v) is 2.98. The fraction of sp³-hybridized carbons (Fsp3) is 0.571. The van der Waals surface area contributed by atoms with Crippen molar-refractivity contribution >= 4 is 5.69 Å². The third kappa shape index (κ3) is 2.91. The first kappa shape index (κ1) is 11.3. The summed E-state index contributed by atoms with van der Waals surface area (Å²) in [4.78, 5) is 0. The Bertz CT molecular complexity index is 347. The van der Waals surface area contributed by atoms with E-state index in [-0.39, 0.29) is 0 Å². The minimum Gasteiger partial charge on any atom is -0.494 e. The summed E-state index contributed by atoms with van der Waals surface area (Å²) in [5.74, 6) is 1.70. The number of hydrogen-bond acceptors (Lipinski definition) is 2. The summed E-state index contributed by atoms with van der Waals surface area (Å²) in [6, 6.07) is 6.41. The van der Waals surface area contributed by atoms with Crippen molar-refractivity contribution in [3.8, 4) is 5.75 Å². The average Bonchev–Trinajstić information content (AvgIpc) is 2.28. The minimum atomic E-state index is 0.704.